The summed E-state index contributed by atoms with van der Waals surface area (Å²) >= 11 is 2.25. The van der Waals surface area contributed by atoms with E-state index in [-0.39, 0.29) is 165 Å². The summed E-state index contributed by atoms with van der Waals surface area (Å²) in [5.41, 5.74) is 1.36. The van der Waals surface area contributed by atoms with Crippen molar-refractivity contribution in [1.29, 1.82) is 0 Å². The fourth-order valence-electron chi connectivity index (χ4n) is 4.05. The van der Waals surface area contributed by atoms with Gasteiger partial charge in [-0.25, -0.2) is 26.8 Å². The number of hydrogen-bond acceptors (Lipinski definition) is 17. The van der Waals surface area contributed by atoms with Gasteiger partial charge >= 0.3 is 118 Å². The summed E-state index contributed by atoms with van der Waals surface area (Å²) in [6.45, 7) is 0. The van der Waals surface area contributed by atoms with E-state index in [0.29, 0.717) is 33.9 Å². The van der Waals surface area contributed by atoms with E-state index in [0.717, 1.165) is 29.6 Å². The zero-order chi connectivity index (χ0) is 34.2. The first-order chi connectivity index (χ1) is 22.1. The molecule has 252 valence electrons. The fourth-order valence-corrected chi connectivity index (χ4v) is 7.71. The van der Waals surface area contributed by atoms with Crippen molar-refractivity contribution in [3.8, 4) is 5.75 Å². The number of benzene rings is 3. The summed E-state index contributed by atoms with van der Waals surface area (Å²) < 4.78 is 106. The molecule has 51 heavy (non-hydrogen) atoms. The Balaban J connectivity index is 0.00000625. The van der Waals surface area contributed by atoms with Crippen molar-refractivity contribution in [2.45, 2.75) is 34.5 Å². The first kappa shape index (κ1) is 51.8. The predicted molar refractivity (Wildman–Crippen MR) is 170 cm³/mol. The van der Waals surface area contributed by atoms with Crippen molar-refractivity contribution in [2.75, 3.05) is 30.1 Å². The molecule has 0 saturated carbocycles. The third kappa shape index (κ3) is 18.1. The molecule has 24 heteroatoms. The van der Waals surface area contributed by atoms with Gasteiger partial charge in [0, 0.05) is 41.1 Å². The second-order valence-electron chi connectivity index (χ2n) is 9.66. The molecule has 4 rings (SSSR count). The minimum Gasteiger partial charge on any atom is -0.754 e. The van der Waals surface area contributed by atoms with E-state index in [1.54, 1.807) is 36.4 Å². The molecule has 15 nitrogen and oxygen atoms in total. The smallest absolute Gasteiger partial charge is 0.754 e. The number of nitrogens with zero attached hydrogens (tertiary/aromatic N) is 5. The SMILES string of the molecule is COc1cc(N=Nc2ccc3c[c-]cc(S(=O)(=O)[O-])c3c2)ccc1Cc1nc(SCCCS(=O)(=O)[O-])nc(SCCCS(=O)(=O)[O-])n1.[Na+].[Na+].[Na+].[Na+]. The van der Waals surface area contributed by atoms with E-state index in [9.17, 15) is 38.9 Å². The number of rotatable bonds is 16. The predicted octanol–water partition coefficient (Wildman–Crippen LogP) is -8.19. The van der Waals surface area contributed by atoms with Crippen LogP contribution in [0.25, 0.3) is 10.8 Å². The van der Waals surface area contributed by atoms with Crippen LogP contribution < -0.4 is 123 Å². The Morgan fingerprint density at radius 1 is 0.745 bits per heavy atom. The number of hydrogen-bond donors (Lipinski definition) is 0. The van der Waals surface area contributed by atoms with E-state index >= 15 is 0 Å². The molecule has 0 aliphatic rings. The molecule has 0 saturated heterocycles. The Bertz CT molecular complexity index is 2070. The third-order valence-corrected chi connectivity index (χ3v) is 10.4. The third-order valence-electron chi connectivity index (χ3n) is 6.11. The average molecular weight is 832 g/mol. The van der Waals surface area contributed by atoms with Crippen LogP contribution in [0.2, 0.25) is 0 Å². The molecule has 3 aromatic carbocycles. The van der Waals surface area contributed by atoms with Crippen molar-refractivity contribution < 1.29 is 162 Å². The van der Waals surface area contributed by atoms with Crippen LogP contribution in [-0.4, -0.2) is 84.0 Å². The summed E-state index contributed by atoms with van der Waals surface area (Å²) in [5, 5.41) is 9.61. The van der Waals surface area contributed by atoms with Gasteiger partial charge in [0.2, 0.25) is 0 Å². The number of aromatic nitrogens is 3. The van der Waals surface area contributed by atoms with Crippen LogP contribution in [0.5, 0.6) is 5.75 Å². The van der Waals surface area contributed by atoms with Gasteiger partial charge in [-0.3, -0.25) is 8.42 Å². The maximum absolute atomic E-state index is 11.7. The molecule has 0 N–H and O–H groups in total. The zero-order valence-corrected chi connectivity index (χ0v) is 40.5. The van der Waals surface area contributed by atoms with Crippen LogP contribution in [0, 0.1) is 6.07 Å². The zero-order valence-electron chi connectivity index (χ0n) is 28.4. The van der Waals surface area contributed by atoms with Crippen LogP contribution in [0.3, 0.4) is 0 Å². The van der Waals surface area contributed by atoms with Crippen LogP contribution in [0.4, 0.5) is 11.4 Å². The molecule has 4 aromatic rings. The molecule has 0 amide bonds. The van der Waals surface area contributed by atoms with Crippen molar-refractivity contribution in [1.82, 2.24) is 15.0 Å². The van der Waals surface area contributed by atoms with E-state index in [1.165, 1.54) is 13.2 Å². The molecule has 0 spiro atoms. The Morgan fingerprint density at radius 3 is 1.78 bits per heavy atom. The number of methoxy groups -OCH3 is 1. The Labute approximate surface area is 393 Å². The van der Waals surface area contributed by atoms with Gasteiger partial charge in [-0.1, -0.05) is 29.6 Å². The summed E-state index contributed by atoms with van der Waals surface area (Å²) in [4.78, 5) is 12.8. The first-order valence-electron chi connectivity index (χ1n) is 13.5. The molecular weight excluding hydrogens is 807 g/mol. The van der Waals surface area contributed by atoms with Gasteiger partial charge in [-0.15, -0.1) is 16.8 Å². The minimum atomic E-state index is -4.73. The van der Waals surface area contributed by atoms with Gasteiger partial charge in [0.05, 0.1) is 48.8 Å². The topological polar surface area (TPSA) is 244 Å². The van der Waals surface area contributed by atoms with Gasteiger partial charge in [0.15, 0.2) is 10.3 Å². The van der Waals surface area contributed by atoms with Gasteiger partial charge in [0.25, 0.3) is 0 Å². The maximum Gasteiger partial charge on any atom is 1.00 e. The average Bonchev–Trinajstić information content (AvgIpc) is 2.99. The molecule has 0 atom stereocenters. The van der Waals surface area contributed by atoms with Crippen LogP contribution in [0.15, 0.2) is 74.0 Å². The quantitative estimate of drug-likeness (QED) is 0.0254. The Hall–Kier alpha value is 0.760. The van der Waals surface area contributed by atoms with E-state index in [1.807, 2.05) is 0 Å². The minimum absolute atomic E-state index is 0. The van der Waals surface area contributed by atoms with Crippen molar-refractivity contribution in [2.24, 2.45) is 10.2 Å². The maximum atomic E-state index is 11.7. The molecular formula is C27H25N5Na4O10S5. The van der Waals surface area contributed by atoms with Gasteiger partial charge in [-0.2, -0.15) is 33.4 Å². The second-order valence-corrected chi connectivity index (χ2v) is 16.2. The van der Waals surface area contributed by atoms with Crippen molar-refractivity contribution in [3.63, 3.8) is 0 Å². The van der Waals surface area contributed by atoms with Gasteiger partial charge in [0.1, 0.15) is 11.6 Å². The second kappa shape index (κ2) is 23.7. The molecule has 0 unspecified atom stereocenters. The van der Waals surface area contributed by atoms with Crippen molar-refractivity contribution >= 4 is 76.0 Å². The number of fused-ring (bicyclic) bond motifs is 1. The summed E-state index contributed by atoms with van der Waals surface area (Å²) in [6.07, 6.45) is 0.339. The Morgan fingerprint density at radius 2 is 1.27 bits per heavy atom. The largest absolute Gasteiger partial charge is 1.00 e. The summed E-state index contributed by atoms with van der Waals surface area (Å²) in [7, 11) is -12.0. The normalized spacial score (nSPS) is 11.6. The van der Waals surface area contributed by atoms with E-state index < -0.39 is 46.8 Å². The fraction of sp³-hybridized carbons (Fsp3) is 0.296. The number of ether oxygens (including phenoxy) is 1. The molecule has 0 fully saturated rings. The molecule has 0 aliphatic carbocycles. The summed E-state index contributed by atoms with van der Waals surface area (Å²) in [5.74, 6) is 0.162. The Kier molecular flexibility index (Phi) is 24.1. The summed E-state index contributed by atoms with van der Waals surface area (Å²) in [6, 6.07) is 14.9. The van der Waals surface area contributed by atoms with Gasteiger partial charge in [-0.05, 0) is 35.9 Å². The molecule has 0 bridgehead atoms. The van der Waals surface area contributed by atoms with E-state index in [4.69, 9.17) is 4.74 Å². The number of azo groups is 1. The van der Waals surface area contributed by atoms with Gasteiger partial charge < -0.3 is 18.4 Å². The van der Waals surface area contributed by atoms with E-state index in [2.05, 4.69) is 31.2 Å². The monoisotopic (exact) mass is 831 g/mol. The van der Waals surface area contributed by atoms with Crippen LogP contribution in [-0.2, 0) is 36.8 Å². The standard InChI is InChI=1S/C27H28N5O10S5.4Na/c1-42-23-17-21(32-31-20-9-7-18-5-2-6-24(22(18)16-20)47(39,40)41)10-8-19(23)15-25-28-26(43-11-3-13-45(33,34)35)30-27(29-25)44-12-4-14-46(36,37)38;;;;/h5-10,16-17H,3-4,11-15H2,1H3,(H,33,34,35)(H,36,37,38)(H,39,40,41);;;;/q-1;4*+1/p-3. The van der Waals surface area contributed by atoms with Crippen LogP contribution >= 0.6 is 23.5 Å². The number of thioether (sulfide) groups is 2. The molecule has 1 heterocycles. The molecule has 0 radical (unpaired) electrons. The first-order valence-corrected chi connectivity index (χ1v) is 20.0. The molecule has 0 aliphatic heterocycles. The van der Waals surface area contributed by atoms with Crippen LogP contribution in [0.1, 0.15) is 24.2 Å². The van der Waals surface area contributed by atoms with Crippen molar-refractivity contribution in [3.05, 3.63) is 66.0 Å². The molecule has 1 aromatic heterocycles.